The molecule has 2 aromatic carbocycles. The summed E-state index contributed by atoms with van der Waals surface area (Å²) in [6.45, 7) is 0. The van der Waals surface area contributed by atoms with Crippen LogP contribution >= 0.6 is 0 Å². The molecular weight excluding hydrogens is 356 g/mol. The first-order chi connectivity index (χ1) is 12.5. The molecule has 0 bridgehead atoms. The van der Waals surface area contributed by atoms with E-state index in [2.05, 4.69) is 0 Å². The van der Waals surface area contributed by atoms with E-state index in [4.69, 9.17) is 13.3 Å². The molecule has 0 atom stereocenters. The molecule has 1 aliphatic rings. The monoisotopic (exact) mass is 368 g/mol. The van der Waals surface area contributed by atoms with Crippen molar-refractivity contribution < 1.29 is 26.5 Å². The molecular formula is C19H12O6S. The van der Waals surface area contributed by atoms with Crippen LogP contribution < -0.4 is 8.92 Å². The molecule has 0 saturated carbocycles. The lowest BCUT2D eigenvalue weighted by Gasteiger charge is -2.07. The van der Waals surface area contributed by atoms with E-state index in [-0.39, 0.29) is 27.9 Å². The molecule has 0 unspecified atom stereocenters. The van der Waals surface area contributed by atoms with Gasteiger partial charge in [0, 0.05) is 12.1 Å². The summed E-state index contributed by atoms with van der Waals surface area (Å²) in [5.74, 6) is 0.546. The molecule has 26 heavy (non-hydrogen) atoms. The maximum absolute atomic E-state index is 12.3. The lowest BCUT2D eigenvalue weighted by molar-refractivity contribution is 0.101. The summed E-state index contributed by atoms with van der Waals surface area (Å²) in [4.78, 5) is 12.4. The third kappa shape index (κ3) is 3.00. The van der Waals surface area contributed by atoms with E-state index >= 15 is 0 Å². The summed E-state index contributed by atoms with van der Waals surface area (Å²) in [5, 5.41) is 0. The number of Topliss-reactive ketones (excluding diaryl/α,β-unsaturated/α-hetero) is 1. The fourth-order valence-corrected chi connectivity index (χ4v) is 3.43. The fraction of sp³-hybridized carbons (Fsp3) is 0. The number of fused-ring (bicyclic) bond motifs is 1. The van der Waals surface area contributed by atoms with Gasteiger partial charge < -0.3 is 13.3 Å². The van der Waals surface area contributed by atoms with Crippen molar-refractivity contribution in [2.45, 2.75) is 4.90 Å². The standard InChI is InChI=1S/C19H12O6S/c20-19-16-9-8-14(25-26(21,22)15-6-2-1-3-7-15)12-17(16)24-18(19)11-13-5-4-10-23-13/h1-12H/b18-11-. The van der Waals surface area contributed by atoms with Crippen molar-refractivity contribution in [2.75, 3.05) is 0 Å². The summed E-state index contributed by atoms with van der Waals surface area (Å²) < 4.78 is 40.4. The first kappa shape index (κ1) is 16.2. The van der Waals surface area contributed by atoms with Crippen LogP contribution in [-0.4, -0.2) is 14.2 Å². The fourth-order valence-electron chi connectivity index (χ4n) is 2.48. The predicted octanol–water partition coefficient (Wildman–Crippen LogP) is 3.66. The Kier molecular flexibility index (Phi) is 3.85. The van der Waals surface area contributed by atoms with Gasteiger partial charge in [-0.15, -0.1) is 0 Å². The van der Waals surface area contributed by atoms with Crippen LogP contribution in [0.25, 0.3) is 6.08 Å². The number of rotatable bonds is 4. The van der Waals surface area contributed by atoms with Crippen LogP contribution in [0.2, 0.25) is 0 Å². The van der Waals surface area contributed by atoms with Crippen molar-refractivity contribution in [1.29, 1.82) is 0 Å². The average molecular weight is 368 g/mol. The molecule has 0 radical (unpaired) electrons. The van der Waals surface area contributed by atoms with E-state index < -0.39 is 10.1 Å². The van der Waals surface area contributed by atoms with Gasteiger partial charge in [-0.1, -0.05) is 18.2 Å². The van der Waals surface area contributed by atoms with Gasteiger partial charge in [-0.05, 0) is 36.4 Å². The van der Waals surface area contributed by atoms with Crippen molar-refractivity contribution in [3.8, 4) is 11.5 Å². The van der Waals surface area contributed by atoms with Gasteiger partial charge in [0.1, 0.15) is 22.2 Å². The Labute approximate surface area is 149 Å². The number of hydrogen-bond donors (Lipinski definition) is 0. The Hall–Kier alpha value is -3.32. The molecule has 130 valence electrons. The molecule has 0 aliphatic carbocycles. The second-order valence-electron chi connectivity index (χ2n) is 5.46. The Balaban J connectivity index is 1.61. The van der Waals surface area contributed by atoms with E-state index in [1.165, 1.54) is 42.7 Å². The first-order valence-corrected chi connectivity index (χ1v) is 9.05. The summed E-state index contributed by atoms with van der Waals surface area (Å²) in [6, 6.07) is 15.4. The van der Waals surface area contributed by atoms with Gasteiger partial charge in [0.25, 0.3) is 0 Å². The SMILES string of the molecule is O=C1/C(=C/c2ccco2)Oc2cc(OS(=O)(=O)c3ccccc3)ccc21. The topological polar surface area (TPSA) is 82.8 Å². The maximum Gasteiger partial charge on any atom is 0.339 e. The van der Waals surface area contributed by atoms with E-state index in [9.17, 15) is 13.2 Å². The zero-order valence-electron chi connectivity index (χ0n) is 13.3. The highest BCUT2D eigenvalue weighted by atomic mass is 32.2. The van der Waals surface area contributed by atoms with Gasteiger partial charge in [0.2, 0.25) is 5.78 Å². The second-order valence-corrected chi connectivity index (χ2v) is 7.01. The lowest BCUT2D eigenvalue weighted by atomic mass is 10.1. The minimum absolute atomic E-state index is 0.0379. The molecule has 3 aromatic rings. The Morgan fingerprint density at radius 2 is 1.77 bits per heavy atom. The highest BCUT2D eigenvalue weighted by Crippen LogP contribution is 2.35. The molecule has 0 N–H and O–H groups in total. The van der Waals surface area contributed by atoms with Crippen molar-refractivity contribution in [2.24, 2.45) is 0 Å². The molecule has 7 heteroatoms. The third-order valence-electron chi connectivity index (χ3n) is 3.70. The van der Waals surface area contributed by atoms with Crippen LogP contribution in [0.1, 0.15) is 16.1 Å². The van der Waals surface area contributed by atoms with Gasteiger partial charge in [-0.25, -0.2) is 0 Å². The molecule has 0 saturated heterocycles. The van der Waals surface area contributed by atoms with Crippen LogP contribution in [0.5, 0.6) is 11.5 Å². The molecule has 6 nitrogen and oxygen atoms in total. The number of carbonyl (C=O) groups excluding carboxylic acids is 1. The van der Waals surface area contributed by atoms with E-state index in [0.717, 1.165) is 0 Å². The van der Waals surface area contributed by atoms with Crippen molar-refractivity contribution in [3.05, 3.63) is 84.0 Å². The largest absolute Gasteiger partial charge is 0.465 e. The van der Waals surface area contributed by atoms with Crippen LogP contribution in [0.15, 0.2) is 82.0 Å². The minimum atomic E-state index is -3.97. The van der Waals surface area contributed by atoms with Crippen LogP contribution in [0, 0.1) is 0 Å². The normalized spacial score (nSPS) is 14.9. The van der Waals surface area contributed by atoms with Crippen molar-refractivity contribution in [3.63, 3.8) is 0 Å². The molecule has 2 heterocycles. The highest BCUT2D eigenvalue weighted by Gasteiger charge is 2.29. The van der Waals surface area contributed by atoms with E-state index in [0.29, 0.717) is 11.3 Å². The summed E-state index contributed by atoms with van der Waals surface area (Å²) in [7, 11) is -3.97. The van der Waals surface area contributed by atoms with Crippen molar-refractivity contribution >= 4 is 22.0 Å². The molecule has 0 fully saturated rings. The average Bonchev–Trinajstić information content (AvgIpc) is 3.24. The molecule has 0 spiro atoms. The minimum Gasteiger partial charge on any atom is -0.465 e. The summed E-state index contributed by atoms with van der Waals surface area (Å²) >= 11 is 0. The number of hydrogen-bond acceptors (Lipinski definition) is 6. The van der Waals surface area contributed by atoms with Crippen LogP contribution in [0.3, 0.4) is 0 Å². The van der Waals surface area contributed by atoms with Crippen LogP contribution in [-0.2, 0) is 10.1 Å². The summed E-state index contributed by atoms with van der Waals surface area (Å²) in [6.07, 6.45) is 2.96. The van der Waals surface area contributed by atoms with Gasteiger partial charge in [-0.3, -0.25) is 4.79 Å². The Morgan fingerprint density at radius 1 is 0.962 bits per heavy atom. The van der Waals surface area contributed by atoms with Gasteiger partial charge in [-0.2, -0.15) is 8.42 Å². The quantitative estimate of drug-likeness (QED) is 0.516. The molecule has 0 amide bonds. The first-order valence-electron chi connectivity index (χ1n) is 7.64. The zero-order valence-corrected chi connectivity index (χ0v) is 14.1. The lowest BCUT2D eigenvalue weighted by Crippen LogP contribution is -2.09. The maximum atomic E-state index is 12.3. The van der Waals surface area contributed by atoms with E-state index in [1.807, 2.05) is 0 Å². The number of ketones is 1. The predicted molar refractivity (Wildman–Crippen MR) is 92.3 cm³/mol. The number of carbonyl (C=O) groups is 1. The van der Waals surface area contributed by atoms with Gasteiger partial charge in [0.05, 0.1) is 11.8 Å². The second kappa shape index (κ2) is 6.20. The highest BCUT2D eigenvalue weighted by molar-refractivity contribution is 7.87. The Morgan fingerprint density at radius 3 is 2.50 bits per heavy atom. The van der Waals surface area contributed by atoms with Gasteiger partial charge in [0.15, 0.2) is 5.76 Å². The third-order valence-corrected chi connectivity index (χ3v) is 4.96. The molecule has 4 rings (SSSR count). The number of benzene rings is 2. The van der Waals surface area contributed by atoms with Crippen LogP contribution in [0.4, 0.5) is 0 Å². The zero-order chi connectivity index (χ0) is 18.1. The Bertz CT molecular complexity index is 1100. The molecule has 1 aliphatic heterocycles. The number of ether oxygens (including phenoxy) is 1. The smallest absolute Gasteiger partial charge is 0.339 e. The van der Waals surface area contributed by atoms with E-state index in [1.54, 1.807) is 30.3 Å². The molecule has 1 aromatic heterocycles. The number of furan rings is 1. The van der Waals surface area contributed by atoms with Crippen molar-refractivity contribution in [1.82, 2.24) is 0 Å². The van der Waals surface area contributed by atoms with Gasteiger partial charge >= 0.3 is 10.1 Å². The summed E-state index contributed by atoms with van der Waals surface area (Å²) in [5.41, 5.74) is 0.326. The number of allylic oxidation sites excluding steroid dienone is 1.